The molecule has 2 aromatic heterocycles. The molecule has 0 aliphatic rings. The van der Waals surface area contributed by atoms with Gasteiger partial charge in [0, 0.05) is 12.1 Å². The van der Waals surface area contributed by atoms with E-state index in [2.05, 4.69) is 15.6 Å². The van der Waals surface area contributed by atoms with Gasteiger partial charge in [-0.05, 0) is 20.8 Å². The van der Waals surface area contributed by atoms with Crippen molar-refractivity contribution in [2.24, 2.45) is 0 Å². The number of nitrogens with one attached hydrogen (secondary N) is 1. The summed E-state index contributed by atoms with van der Waals surface area (Å²) in [4.78, 5) is 11.9. The Morgan fingerprint density at radius 2 is 1.86 bits per heavy atom. The lowest BCUT2D eigenvalue weighted by Gasteiger charge is -2.10. The third-order valence-corrected chi connectivity index (χ3v) is 4.80. The van der Waals surface area contributed by atoms with E-state index in [0.717, 1.165) is 0 Å². The highest BCUT2D eigenvalue weighted by atomic mass is 32.2. The first-order valence-corrected chi connectivity index (χ1v) is 7.87. The Bertz CT molecular complexity index is 747. The second kappa shape index (κ2) is 5.68. The number of aryl methyl sites for hydroxylation is 2. The first kappa shape index (κ1) is 15.2. The number of rotatable bonds is 5. The summed E-state index contributed by atoms with van der Waals surface area (Å²) in [6, 6.07) is 3.02. The fourth-order valence-electron chi connectivity index (χ4n) is 1.63. The van der Waals surface area contributed by atoms with Crippen LogP contribution in [0.5, 0.6) is 0 Å². The predicted octanol–water partition coefficient (Wildman–Crippen LogP) is 1.22. The van der Waals surface area contributed by atoms with Gasteiger partial charge in [-0.25, -0.2) is 8.42 Å². The topological polar surface area (TPSA) is 115 Å². The van der Waals surface area contributed by atoms with Crippen LogP contribution in [0, 0.1) is 13.8 Å². The first-order valence-electron chi connectivity index (χ1n) is 6.16. The molecule has 0 spiro atoms. The molecule has 0 aliphatic carbocycles. The normalized spacial score (nSPS) is 13.1. The van der Waals surface area contributed by atoms with E-state index >= 15 is 0 Å². The van der Waals surface area contributed by atoms with E-state index in [-0.39, 0.29) is 17.3 Å². The highest BCUT2D eigenvalue weighted by molar-refractivity contribution is 7.92. The monoisotopic (exact) mass is 313 g/mol. The molecule has 0 radical (unpaired) electrons. The molecule has 2 heterocycles. The Morgan fingerprint density at radius 3 is 2.38 bits per heavy atom. The SMILES string of the molecule is Cc1cc(CS(=O)(=O)C(C)C(=O)Nc2cc(C)on2)no1. The number of anilines is 1. The Hall–Kier alpha value is -2.16. The zero-order valence-electron chi connectivity index (χ0n) is 11.8. The second-order valence-corrected chi connectivity index (χ2v) is 7.01. The number of nitrogens with zero attached hydrogens (tertiary/aromatic N) is 2. The van der Waals surface area contributed by atoms with Crippen molar-refractivity contribution in [1.82, 2.24) is 10.3 Å². The molecule has 0 aromatic carbocycles. The van der Waals surface area contributed by atoms with E-state index in [1.165, 1.54) is 19.1 Å². The number of hydrogen-bond acceptors (Lipinski definition) is 7. The quantitative estimate of drug-likeness (QED) is 0.882. The zero-order valence-corrected chi connectivity index (χ0v) is 12.6. The molecule has 21 heavy (non-hydrogen) atoms. The lowest BCUT2D eigenvalue weighted by molar-refractivity contribution is -0.115. The summed E-state index contributed by atoms with van der Waals surface area (Å²) in [5, 5.41) is 8.34. The third kappa shape index (κ3) is 3.69. The minimum absolute atomic E-state index is 0.178. The van der Waals surface area contributed by atoms with Gasteiger partial charge in [-0.15, -0.1) is 0 Å². The lowest BCUT2D eigenvalue weighted by atomic mass is 10.4. The summed E-state index contributed by atoms with van der Waals surface area (Å²) in [7, 11) is -3.71. The Labute approximate surface area is 121 Å². The van der Waals surface area contributed by atoms with E-state index in [1.54, 1.807) is 13.8 Å². The van der Waals surface area contributed by atoms with Crippen molar-refractivity contribution < 1.29 is 22.3 Å². The minimum Gasteiger partial charge on any atom is -0.361 e. The molecule has 9 heteroatoms. The summed E-state index contributed by atoms with van der Waals surface area (Å²) in [6.07, 6.45) is 0. The minimum atomic E-state index is -3.71. The summed E-state index contributed by atoms with van der Waals surface area (Å²) < 4.78 is 33.9. The van der Waals surface area contributed by atoms with Gasteiger partial charge >= 0.3 is 0 Å². The number of carbonyl (C=O) groups is 1. The summed E-state index contributed by atoms with van der Waals surface area (Å²) in [5.74, 6) is 0.158. The van der Waals surface area contributed by atoms with Gasteiger partial charge in [-0.3, -0.25) is 4.79 Å². The number of hydrogen-bond donors (Lipinski definition) is 1. The summed E-state index contributed by atoms with van der Waals surface area (Å²) in [5.41, 5.74) is 0.268. The maximum Gasteiger partial charge on any atom is 0.243 e. The highest BCUT2D eigenvalue weighted by Gasteiger charge is 2.29. The van der Waals surface area contributed by atoms with Gasteiger partial charge in [0.05, 0.1) is 11.4 Å². The number of sulfone groups is 1. The molecule has 2 rings (SSSR count). The molecule has 114 valence electrons. The molecule has 1 unspecified atom stereocenters. The van der Waals surface area contributed by atoms with Gasteiger partial charge in [-0.1, -0.05) is 10.3 Å². The molecule has 0 bridgehead atoms. The average Bonchev–Trinajstić information content (AvgIpc) is 2.97. The van der Waals surface area contributed by atoms with E-state index in [4.69, 9.17) is 9.05 Å². The van der Waals surface area contributed by atoms with Crippen molar-refractivity contribution in [2.45, 2.75) is 31.8 Å². The fraction of sp³-hybridized carbons (Fsp3) is 0.417. The van der Waals surface area contributed by atoms with Crippen LogP contribution in [0.2, 0.25) is 0 Å². The van der Waals surface area contributed by atoms with Crippen molar-refractivity contribution in [3.63, 3.8) is 0 Å². The summed E-state index contributed by atoms with van der Waals surface area (Å²) in [6.45, 7) is 4.63. The third-order valence-electron chi connectivity index (χ3n) is 2.81. The number of aromatic nitrogens is 2. The second-order valence-electron chi connectivity index (χ2n) is 4.69. The van der Waals surface area contributed by atoms with E-state index in [9.17, 15) is 13.2 Å². The van der Waals surface area contributed by atoms with Crippen LogP contribution in [-0.2, 0) is 20.4 Å². The Balaban J connectivity index is 2.06. The molecule has 8 nitrogen and oxygen atoms in total. The van der Waals surface area contributed by atoms with Gasteiger partial charge in [0.15, 0.2) is 15.7 Å². The highest BCUT2D eigenvalue weighted by Crippen LogP contribution is 2.14. The molecule has 1 atom stereocenters. The van der Waals surface area contributed by atoms with Crippen molar-refractivity contribution in [3.8, 4) is 0 Å². The maximum absolute atomic E-state index is 12.2. The van der Waals surface area contributed by atoms with Crippen LogP contribution in [0.1, 0.15) is 24.1 Å². The van der Waals surface area contributed by atoms with Crippen LogP contribution in [0.25, 0.3) is 0 Å². The standard InChI is InChI=1S/C12H15N3O5S/c1-7-4-10(14-19-7)6-21(17,18)9(3)12(16)13-11-5-8(2)20-15-11/h4-5,9H,6H2,1-3H3,(H,13,15,16). The summed E-state index contributed by atoms with van der Waals surface area (Å²) >= 11 is 0. The van der Waals surface area contributed by atoms with Crippen LogP contribution >= 0.6 is 0 Å². The first-order chi connectivity index (χ1) is 9.78. The maximum atomic E-state index is 12.2. The van der Waals surface area contributed by atoms with Crippen LogP contribution in [0.15, 0.2) is 21.2 Å². The van der Waals surface area contributed by atoms with Crippen LogP contribution < -0.4 is 5.32 Å². The van der Waals surface area contributed by atoms with Gasteiger partial charge in [0.25, 0.3) is 0 Å². The molecule has 0 aliphatic heterocycles. The largest absolute Gasteiger partial charge is 0.361 e. The zero-order chi connectivity index (χ0) is 15.6. The number of amides is 1. The molecular weight excluding hydrogens is 298 g/mol. The van der Waals surface area contributed by atoms with Gasteiger partial charge in [0.2, 0.25) is 5.91 Å². The van der Waals surface area contributed by atoms with Gasteiger partial charge < -0.3 is 14.4 Å². The molecule has 0 saturated heterocycles. The predicted molar refractivity (Wildman–Crippen MR) is 73.2 cm³/mol. The molecule has 1 amide bonds. The van der Waals surface area contributed by atoms with E-state index in [0.29, 0.717) is 11.5 Å². The van der Waals surface area contributed by atoms with Crippen molar-refractivity contribution >= 4 is 21.6 Å². The van der Waals surface area contributed by atoms with Crippen LogP contribution in [0.4, 0.5) is 5.82 Å². The fourth-order valence-corrected chi connectivity index (χ4v) is 2.82. The van der Waals surface area contributed by atoms with Crippen LogP contribution in [-0.4, -0.2) is 29.9 Å². The molecule has 0 fully saturated rings. The van der Waals surface area contributed by atoms with Gasteiger partial charge in [0.1, 0.15) is 16.8 Å². The van der Waals surface area contributed by atoms with Crippen LogP contribution in [0.3, 0.4) is 0 Å². The Morgan fingerprint density at radius 1 is 1.24 bits per heavy atom. The molecule has 2 aromatic rings. The lowest BCUT2D eigenvalue weighted by Crippen LogP contribution is -2.33. The van der Waals surface area contributed by atoms with E-state index < -0.39 is 21.0 Å². The Kier molecular flexibility index (Phi) is 4.12. The van der Waals surface area contributed by atoms with Crippen molar-refractivity contribution in [3.05, 3.63) is 29.3 Å². The molecular formula is C12H15N3O5S. The molecule has 1 N–H and O–H groups in total. The smallest absolute Gasteiger partial charge is 0.243 e. The van der Waals surface area contributed by atoms with Crippen molar-refractivity contribution in [2.75, 3.05) is 5.32 Å². The van der Waals surface area contributed by atoms with E-state index in [1.807, 2.05) is 0 Å². The van der Waals surface area contributed by atoms with Crippen molar-refractivity contribution in [1.29, 1.82) is 0 Å². The average molecular weight is 313 g/mol. The van der Waals surface area contributed by atoms with Gasteiger partial charge in [-0.2, -0.15) is 0 Å². The molecule has 0 saturated carbocycles. The number of carbonyl (C=O) groups excluding carboxylic acids is 1.